The highest BCUT2D eigenvalue weighted by Gasteiger charge is 2.19. The van der Waals surface area contributed by atoms with E-state index in [1.165, 1.54) is 0 Å². The molecule has 166 valence electrons. The molecule has 0 fully saturated rings. The number of aromatic carboxylic acids is 1. The van der Waals surface area contributed by atoms with Gasteiger partial charge in [-0.2, -0.15) is 5.10 Å². The SMILES string of the molecule is Cc1cc(C(C)Nc2ccccc2C(=O)O)c2oc(C#Cc3cnn(C)c3)c(C)c(=O)c2c1. The minimum Gasteiger partial charge on any atom is -0.478 e. The van der Waals surface area contributed by atoms with E-state index in [0.29, 0.717) is 33.5 Å². The third kappa shape index (κ3) is 4.37. The number of carboxylic acids is 1. The molecule has 2 heterocycles. The quantitative estimate of drug-likeness (QED) is 0.455. The molecule has 1 unspecified atom stereocenters. The van der Waals surface area contributed by atoms with Crippen molar-refractivity contribution >= 4 is 22.6 Å². The molecule has 0 saturated heterocycles. The molecule has 1 atom stereocenters. The number of rotatable bonds is 4. The number of aryl methyl sites for hydroxylation is 2. The molecule has 0 saturated carbocycles. The monoisotopic (exact) mass is 441 g/mol. The first kappa shape index (κ1) is 21.9. The van der Waals surface area contributed by atoms with Crippen LogP contribution in [-0.2, 0) is 7.05 Å². The van der Waals surface area contributed by atoms with Crippen LogP contribution in [0.15, 0.2) is 58.0 Å². The topological polar surface area (TPSA) is 97.4 Å². The third-order valence-corrected chi connectivity index (χ3v) is 5.41. The van der Waals surface area contributed by atoms with Crippen LogP contribution in [0, 0.1) is 25.7 Å². The predicted octanol–water partition coefficient (Wildman–Crippen LogP) is 4.41. The largest absolute Gasteiger partial charge is 0.478 e. The number of carboxylic acid groups (broad SMARTS) is 1. The Bertz CT molecular complexity index is 1500. The van der Waals surface area contributed by atoms with E-state index in [2.05, 4.69) is 22.3 Å². The van der Waals surface area contributed by atoms with Gasteiger partial charge in [0.05, 0.1) is 28.8 Å². The fourth-order valence-electron chi connectivity index (χ4n) is 3.73. The molecule has 4 rings (SSSR count). The van der Waals surface area contributed by atoms with Gasteiger partial charge in [-0.15, -0.1) is 0 Å². The van der Waals surface area contributed by atoms with Crippen LogP contribution in [0.5, 0.6) is 0 Å². The molecule has 0 aliphatic heterocycles. The Hall–Kier alpha value is -4.31. The summed E-state index contributed by atoms with van der Waals surface area (Å²) in [6.45, 7) is 5.50. The van der Waals surface area contributed by atoms with Crippen molar-refractivity contribution in [2.75, 3.05) is 5.32 Å². The van der Waals surface area contributed by atoms with E-state index in [1.54, 1.807) is 61.4 Å². The maximum atomic E-state index is 13.2. The van der Waals surface area contributed by atoms with Crippen LogP contribution >= 0.6 is 0 Å². The van der Waals surface area contributed by atoms with E-state index in [-0.39, 0.29) is 17.0 Å². The zero-order valence-electron chi connectivity index (χ0n) is 18.8. The smallest absolute Gasteiger partial charge is 0.337 e. The fraction of sp³-hybridized carbons (Fsp3) is 0.192. The summed E-state index contributed by atoms with van der Waals surface area (Å²) < 4.78 is 7.82. The molecular weight excluding hydrogens is 418 g/mol. The number of hydrogen-bond acceptors (Lipinski definition) is 5. The molecule has 0 spiro atoms. The number of nitrogens with zero attached hydrogens (tertiary/aromatic N) is 2. The first-order chi connectivity index (χ1) is 15.7. The van der Waals surface area contributed by atoms with Gasteiger partial charge in [0.15, 0.2) is 11.2 Å². The van der Waals surface area contributed by atoms with Crippen LogP contribution < -0.4 is 10.7 Å². The normalized spacial score (nSPS) is 11.6. The lowest BCUT2D eigenvalue weighted by molar-refractivity contribution is 0.0698. The summed E-state index contributed by atoms with van der Waals surface area (Å²) in [6, 6.07) is 10.1. The summed E-state index contributed by atoms with van der Waals surface area (Å²) in [5.41, 5.74) is 3.73. The van der Waals surface area contributed by atoms with Crippen molar-refractivity contribution in [3.8, 4) is 11.8 Å². The van der Waals surface area contributed by atoms with E-state index in [9.17, 15) is 14.7 Å². The molecule has 7 nitrogen and oxygen atoms in total. The average molecular weight is 441 g/mol. The third-order valence-electron chi connectivity index (χ3n) is 5.41. The van der Waals surface area contributed by atoms with Crippen molar-refractivity contribution in [1.29, 1.82) is 0 Å². The van der Waals surface area contributed by atoms with Crippen LogP contribution in [0.4, 0.5) is 5.69 Å². The highest BCUT2D eigenvalue weighted by Crippen LogP contribution is 2.29. The number of carbonyl (C=O) groups is 1. The van der Waals surface area contributed by atoms with Crippen molar-refractivity contribution in [2.24, 2.45) is 7.05 Å². The van der Waals surface area contributed by atoms with Gasteiger partial charge >= 0.3 is 5.97 Å². The molecule has 7 heteroatoms. The second-order valence-electron chi connectivity index (χ2n) is 7.99. The van der Waals surface area contributed by atoms with Gasteiger partial charge in [0.25, 0.3) is 0 Å². The van der Waals surface area contributed by atoms with Crippen LogP contribution in [-0.4, -0.2) is 20.9 Å². The van der Waals surface area contributed by atoms with Gasteiger partial charge in [0.2, 0.25) is 0 Å². The summed E-state index contributed by atoms with van der Waals surface area (Å²) in [5, 5.41) is 17.3. The maximum Gasteiger partial charge on any atom is 0.337 e. The number of benzene rings is 2. The first-order valence-corrected chi connectivity index (χ1v) is 10.4. The Morgan fingerprint density at radius 2 is 1.97 bits per heavy atom. The highest BCUT2D eigenvalue weighted by atomic mass is 16.4. The molecule has 0 aliphatic carbocycles. The molecule has 33 heavy (non-hydrogen) atoms. The number of anilines is 1. The number of fused-ring (bicyclic) bond motifs is 1. The van der Waals surface area contributed by atoms with Crippen molar-refractivity contribution in [1.82, 2.24) is 9.78 Å². The van der Waals surface area contributed by atoms with Crippen molar-refractivity contribution in [2.45, 2.75) is 26.8 Å². The minimum absolute atomic E-state index is 0.144. The number of aromatic nitrogens is 2. The van der Waals surface area contributed by atoms with Crippen LogP contribution in [0.3, 0.4) is 0 Å². The molecule has 0 bridgehead atoms. The first-order valence-electron chi connectivity index (χ1n) is 10.4. The molecule has 2 aromatic heterocycles. The second kappa shape index (κ2) is 8.67. The lowest BCUT2D eigenvalue weighted by Crippen LogP contribution is -2.14. The van der Waals surface area contributed by atoms with Crippen LogP contribution in [0.2, 0.25) is 0 Å². The molecule has 0 amide bonds. The van der Waals surface area contributed by atoms with Crippen LogP contribution in [0.1, 0.15) is 51.3 Å². The van der Waals surface area contributed by atoms with E-state index in [4.69, 9.17) is 4.42 Å². The summed E-state index contributed by atoms with van der Waals surface area (Å²) in [5.74, 6) is 5.22. The zero-order valence-corrected chi connectivity index (χ0v) is 18.8. The Labute approximate surface area is 190 Å². The number of nitrogens with one attached hydrogen (secondary N) is 1. The molecule has 2 N–H and O–H groups in total. The van der Waals surface area contributed by atoms with Gasteiger partial charge < -0.3 is 14.8 Å². The van der Waals surface area contributed by atoms with Crippen molar-refractivity contribution < 1.29 is 14.3 Å². The van der Waals surface area contributed by atoms with E-state index in [1.807, 2.05) is 19.9 Å². The van der Waals surface area contributed by atoms with Crippen molar-refractivity contribution in [3.63, 3.8) is 0 Å². The summed E-state index contributed by atoms with van der Waals surface area (Å²) >= 11 is 0. The second-order valence-corrected chi connectivity index (χ2v) is 7.99. The lowest BCUT2D eigenvalue weighted by atomic mass is 9.99. The standard InChI is InChI=1S/C26H23N3O4/c1-15-11-20(17(3)28-22-8-6-5-7-19(22)26(31)32)25-21(12-15)24(30)16(2)23(33-25)10-9-18-13-27-29(4)14-18/h5-8,11-14,17,28H,1-4H3,(H,31,32). The fourth-order valence-corrected chi connectivity index (χ4v) is 3.73. The van der Waals surface area contributed by atoms with Gasteiger partial charge in [-0.3, -0.25) is 9.48 Å². The average Bonchev–Trinajstić information content (AvgIpc) is 3.20. The van der Waals surface area contributed by atoms with Gasteiger partial charge in [-0.25, -0.2) is 4.79 Å². The number of para-hydroxylation sites is 1. The van der Waals surface area contributed by atoms with Crippen molar-refractivity contribution in [3.05, 3.63) is 92.6 Å². The summed E-state index contributed by atoms with van der Waals surface area (Å²) in [6.07, 6.45) is 3.42. The summed E-state index contributed by atoms with van der Waals surface area (Å²) in [4.78, 5) is 24.8. The van der Waals surface area contributed by atoms with Gasteiger partial charge in [0, 0.05) is 30.1 Å². The van der Waals surface area contributed by atoms with Gasteiger partial charge in [-0.05, 0) is 50.5 Å². The molecular formula is C26H23N3O4. The molecule has 0 aliphatic rings. The highest BCUT2D eigenvalue weighted by molar-refractivity contribution is 5.94. The van der Waals surface area contributed by atoms with Gasteiger partial charge in [-0.1, -0.05) is 24.1 Å². The number of hydrogen-bond donors (Lipinski definition) is 2. The minimum atomic E-state index is -1.02. The Morgan fingerprint density at radius 3 is 2.67 bits per heavy atom. The molecule has 4 aromatic rings. The summed E-state index contributed by atoms with van der Waals surface area (Å²) in [7, 11) is 1.80. The van der Waals surface area contributed by atoms with E-state index >= 15 is 0 Å². The lowest BCUT2D eigenvalue weighted by Gasteiger charge is -2.19. The Balaban J connectivity index is 1.83. The molecule has 0 radical (unpaired) electrons. The Kier molecular flexibility index (Phi) is 5.76. The zero-order chi connectivity index (χ0) is 23.7. The van der Waals surface area contributed by atoms with E-state index in [0.717, 1.165) is 11.1 Å². The van der Waals surface area contributed by atoms with E-state index < -0.39 is 5.97 Å². The maximum absolute atomic E-state index is 13.2. The molecule has 2 aromatic carbocycles. The Morgan fingerprint density at radius 1 is 1.21 bits per heavy atom. The predicted molar refractivity (Wildman–Crippen MR) is 127 cm³/mol. The van der Waals surface area contributed by atoms with Gasteiger partial charge in [0.1, 0.15) is 5.58 Å². The van der Waals surface area contributed by atoms with Crippen LogP contribution in [0.25, 0.3) is 11.0 Å².